The minimum absolute atomic E-state index is 0.130. The number of carbonyl (C=O) groups is 1. The molecule has 0 aromatic heterocycles. The Kier molecular flexibility index (Phi) is 4.40. The number of amides is 1. The van der Waals surface area contributed by atoms with Crippen LogP contribution in [0.1, 0.15) is 15.9 Å². The third-order valence-electron chi connectivity index (χ3n) is 2.70. The highest BCUT2D eigenvalue weighted by atomic mass is 79.9. The third kappa shape index (κ3) is 3.16. The number of rotatable bonds is 2. The molecule has 0 saturated heterocycles. The summed E-state index contributed by atoms with van der Waals surface area (Å²) < 4.78 is 26.6. The van der Waals surface area contributed by atoms with Crippen LogP contribution in [0.5, 0.6) is 0 Å². The Morgan fingerprint density at radius 1 is 1.20 bits per heavy atom. The van der Waals surface area contributed by atoms with Gasteiger partial charge in [0.1, 0.15) is 11.6 Å². The molecule has 0 aliphatic rings. The summed E-state index contributed by atoms with van der Waals surface area (Å²) >= 11 is 8.68. The van der Waals surface area contributed by atoms with E-state index in [4.69, 9.17) is 11.6 Å². The second-order valence-corrected chi connectivity index (χ2v) is 5.43. The molecule has 0 bridgehead atoms. The first kappa shape index (κ1) is 14.9. The van der Waals surface area contributed by atoms with Gasteiger partial charge < -0.3 is 5.32 Å². The molecule has 2 rings (SSSR count). The summed E-state index contributed by atoms with van der Waals surface area (Å²) in [5, 5.41) is 2.49. The van der Waals surface area contributed by atoms with Crippen molar-refractivity contribution in [1.82, 2.24) is 0 Å². The van der Waals surface area contributed by atoms with Gasteiger partial charge in [-0.15, -0.1) is 0 Å². The predicted molar refractivity (Wildman–Crippen MR) is 78.2 cm³/mol. The van der Waals surface area contributed by atoms with Crippen molar-refractivity contribution in [3.05, 3.63) is 62.6 Å². The molecule has 0 spiro atoms. The number of hydrogen-bond acceptors (Lipinski definition) is 1. The molecular weight excluding hydrogens is 352 g/mol. The maximum Gasteiger partial charge on any atom is 0.255 e. The van der Waals surface area contributed by atoms with Crippen LogP contribution in [0.3, 0.4) is 0 Å². The van der Waals surface area contributed by atoms with Crippen molar-refractivity contribution in [2.75, 3.05) is 5.32 Å². The number of anilines is 1. The van der Waals surface area contributed by atoms with Gasteiger partial charge in [-0.2, -0.15) is 0 Å². The number of hydrogen-bond donors (Lipinski definition) is 1. The van der Waals surface area contributed by atoms with E-state index in [9.17, 15) is 13.6 Å². The van der Waals surface area contributed by atoms with Gasteiger partial charge in [-0.3, -0.25) is 4.79 Å². The Balaban J connectivity index is 2.27. The van der Waals surface area contributed by atoms with Gasteiger partial charge >= 0.3 is 0 Å². The minimum Gasteiger partial charge on any atom is -0.322 e. The smallest absolute Gasteiger partial charge is 0.255 e. The summed E-state index contributed by atoms with van der Waals surface area (Å²) in [6.45, 7) is 1.67. The monoisotopic (exact) mass is 359 g/mol. The Morgan fingerprint density at radius 3 is 2.55 bits per heavy atom. The molecule has 0 radical (unpaired) electrons. The fraction of sp³-hybridized carbons (Fsp3) is 0.0714. The normalized spacial score (nSPS) is 10.4. The molecular formula is C14H9BrClF2NO. The number of halogens is 4. The van der Waals surface area contributed by atoms with E-state index in [1.54, 1.807) is 6.92 Å². The number of benzene rings is 2. The number of carbonyl (C=O) groups excluding carboxylic acids is 1. The Hall–Kier alpha value is -1.46. The highest BCUT2D eigenvalue weighted by Gasteiger charge is 2.12. The molecule has 0 atom stereocenters. The van der Waals surface area contributed by atoms with Crippen LogP contribution in [-0.2, 0) is 0 Å². The molecule has 6 heteroatoms. The maximum atomic E-state index is 13.3. The molecule has 2 nitrogen and oxygen atoms in total. The van der Waals surface area contributed by atoms with Crippen LogP contribution in [0, 0.1) is 18.6 Å². The highest BCUT2D eigenvalue weighted by molar-refractivity contribution is 9.10. The molecule has 0 saturated carbocycles. The largest absolute Gasteiger partial charge is 0.322 e. The van der Waals surface area contributed by atoms with Crippen LogP contribution >= 0.6 is 27.5 Å². The fourth-order valence-corrected chi connectivity index (χ4v) is 2.14. The quantitative estimate of drug-likeness (QED) is 0.807. The standard InChI is InChI=1S/C14H9BrClF2NO/c1-7-4-12(18)9(15)6-13(7)19-14(20)8-2-3-11(17)10(16)5-8/h2-6H,1H3,(H,19,20). The topological polar surface area (TPSA) is 29.1 Å². The second kappa shape index (κ2) is 5.89. The summed E-state index contributed by atoms with van der Waals surface area (Å²) in [5.74, 6) is -1.46. The van der Waals surface area contributed by atoms with Crippen molar-refractivity contribution in [3.8, 4) is 0 Å². The molecule has 0 fully saturated rings. The zero-order valence-electron chi connectivity index (χ0n) is 10.3. The van der Waals surface area contributed by atoms with Crippen molar-refractivity contribution >= 4 is 39.1 Å². The van der Waals surface area contributed by atoms with E-state index in [1.807, 2.05) is 0 Å². The molecule has 0 aliphatic carbocycles. The summed E-state index contributed by atoms with van der Waals surface area (Å²) in [6, 6.07) is 6.44. The van der Waals surface area contributed by atoms with Crippen LogP contribution in [0.4, 0.5) is 14.5 Å². The Bertz CT molecular complexity index is 691. The lowest BCUT2D eigenvalue weighted by atomic mass is 10.1. The lowest BCUT2D eigenvalue weighted by Crippen LogP contribution is -2.13. The highest BCUT2D eigenvalue weighted by Crippen LogP contribution is 2.25. The van der Waals surface area contributed by atoms with Gasteiger partial charge in [0, 0.05) is 11.3 Å². The van der Waals surface area contributed by atoms with Gasteiger partial charge in [0.15, 0.2) is 0 Å². The molecule has 0 heterocycles. The third-order valence-corrected chi connectivity index (χ3v) is 3.59. The molecule has 0 unspecified atom stereocenters. The van der Waals surface area contributed by atoms with Gasteiger partial charge in [0.05, 0.1) is 9.50 Å². The lowest BCUT2D eigenvalue weighted by molar-refractivity contribution is 0.102. The van der Waals surface area contributed by atoms with Crippen molar-refractivity contribution in [1.29, 1.82) is 0 Å². The predicted octanol–water partition coefficient (Wildman–Crippen LogP) is 4.94. The summed E-state index contributed by atoms with van der Waals surface area (Å²) in [4.78, 5) is 12.0. The molecule has 20 heavy (non-hydrogen) atoms. The van der Waals surface area contributed by atoms with Crippen molar-refractivity contribution < 1.29 is 13.6 Å². The van der Waals surface area contributed by atoms with Crippen LogP contribution < -0.4 is 5.32 Å². The lowest BCUT2D eigenvalue weighted by Gasteiger charge is -2.10. The fourth-order valence-electron chi connectivity index (χ4n) is 1.61. The minimum atomic E-state index is -0.594. The van der Waals surface area contributed by atoms with Gasteiger partial charge in [-0.1, -0.05) is 11.6 Å². The molecule has 1 amide bonds. The summed E-state index contributed by atoms with van der Waals surface area (Å²) in [7, 11) is 0. The van der Waals surface area contributed by atoms with Crippen LogP contribution in [0.25, 0.3) is 0 Å². The SMILES string of the molecule is Cc1cc(F)c(Br)cc1NC(=O)c1ccc(F)c(Cl)c1. The first-order valence-corrected chi connectivity index (χ1v) is 6.77. The summed E-state index contributed by atoms with van der Waals surface area (Å²) in [6.07, 6.45) is 0. The number of aryl methyl sites for hydroxylation is 1. The van der Waals surface area contributed by atoms with Crippen molar-refractivity contribution in [2.45, 2.75) is 6.92 Å². The zero-order chi connectivity index (χ0) is 14.9. The van der Waals surface area contributed by atoms with E-state index in [2.05, 4.69) is 21.2 Å². The summed E-state index contributed by atoms with van der Waals surface area (Å²) in [5.41, 5.74) is 1.26. The molecule has 1 N–H and O–H groups in total. The van der Waals surface area contributed by atoms with Crippen LogP contribution in [-0.4, -0.2) is 5.91 Å². The van der Waals surface area contributed by atoms with E-state index in [0.29, 0.717) is 11.3 Å². The van der Waals surface area contributed by atoms with Crippen molar-refractivity contribution in [2.24, 2.45) is 0 Å². The first-order chi connectivity index (χ1) is 9.38. The maximum absolute atomic E-state index is 13.3. The van der Waals surface area contributed by atoms with E-state index in [0.717, 1.165) is 6.07 Å². The van der Waals surface area contributed by atoms with E-state index in [1.165, 1.54) is 24.3 Å². The Morgan fingerprint density at radius 2 is 1.90 bits per heavy atom. The van der Waals surface area contributed by atoms with E-state index in [-0.39, 0.29) is 15.1 Å². The van der Waals surface area contributed by atoms with Gasteiger partial charge in [0.25, 0.3) is 5.91 Å². The number of nitrogens with one attached hydrogen (secondary N) is 1. The van der Waals surface area contributed by atoms with Crippen molar-refractivity contribution in [3.63, 3.8) is 0 Å². The van der Waals surface area contributed by atoms with E-state index >= 15 is 0 Å². The Labute approximate surface area is 127 Å². The average Bonchev–Trinajstić information content (AvgIpc) is 2.39. The van der Waals surface area contributed by atoms with Gasteiger partial charge in [-0.05, 0) is 58.7 Å². The molecule has 104 valence electrons. The van der Waals surface area contributed by atoms with Gasteiger partial charge in [0.2, 0.25) is 0 Å². The first-order valence-electron chi connectivity index (χ1n) is 5.60. The van der Waals surface area contributed by atoms with Crippen LogP contribution in [0.2, 0.25) is 5.02 Å². The molecule has 0 aliphatic heterocycles. The second-order valence-electron chi connectivity index (χ2n) is 4.16. The van der Waals surface area contributed by atoms with Gasteiger partial charge in [-0.25, -0.2) is 8.78 Å². The molecule has 2 aromatic rings. The molecule has 2 aromatic carbocycles. The average molecular weight is 361 g/mol. The van der Waals surface area contributed by atoms with E-state index < -0.39 is 17.5 Å². The van der Waals surface area contributed by atoms with Crippen LogP contribution in [0.15, 0.2) is 34.8 Å². The zero-order valence-corrected chi connectivity index (χ0v) is 12.6.